The number of hydrogen-bond donors (Lipinski definition) is 1. The zero-order chi connectivity index (χ0) is 13.9. The van der Waals surface area contributed by atoms with Crippen molar-refractivity contribution < 1.29 is 4.79 Å². The number of nitrogens with one attached hydrogen (secondary N) is 1. The first-order chi connectivity index (χ1) is 9.72. The molecule has 0 unspecified atom stereocenters. The van der Waals surface area contributed by atoms with Gasteiger partial charge in [0.1, 0.15) is 0 Å². The maximum atomic E-state index is 12.1. The summed E-state index contributed by atoms with van der Waals surface area (Å²) in [6.07, 6.45) is 2.92. The van der Waals surface area contributed by atoms with Gasteiger partial charge < -0.3 is 0 Å². The molecule has 3 rings (SSSR count). The molecule has 0 aliphatic heterocycles. The third kappa shape index (κ3) is 2.65. The minimum Gasteiger partial charge on any atom is -0.289 e. The summed E-state index contributed by atoms with van der Waals surface area (Å²) >= 11 is 3.42. The van der Waals surface area contributed by atoms with Gasteiger partial charge in [0.2, 0.25) is 5.95 Å². The maximum Gasteiger partial charge on any atom is 0.258 e. The Morgan fingerprint density at radius 2 is 1.85 bits per heavy atom. The number of benzene rings is 2. The van der Waals surface area contributed by atoms with Crippen molar-refractivity contribution in [3.63, 3.8) is 0 Å². The molecule has 0 aliphatic carbocycles. The van der Waals surface area contributed by atoms with Crippen molar-refractivity contribution in [3.05, 3.63) is 58.8 Å². The monoisotopic (exact) mass is 328 g/mol. The summed E-state index contributed by atoms with van der Waals surface area (Å²) in [7, 11) is 0. The molecule has 2 aromatic carbocycles. The quantitative estimate of drug-likeness (QED) is 0.785. The van der Waals surface area contributed by atoms with Gasteiger partial charge in [-0.05, 0) is 35.0 Å². The molecule has 5 nitrogen and oxygen atoms in total. The van der Waals surface area contributed by atoms with Crippen LogP contribution in [0.3, 0.4) is 0 Å². The van der Waals surface area contributed by atoms with Crippen LogP contribution in [-0.4, -0.2) is 21.1 Å². The number of aromatic nitrogens is 3. The molecule has 3 aromatic rings. The molecule has 0 fully saturated rings. The van der Waals surface area contributed by atoms with E-state index in [9.17, 15) is 4.79 Å². The molecule has 1 N–H and O–H groups in total. The molecule has 0 bridgehead atoms. The fraction of sp³-hybridized carbons (Fsp3) is 0. The fourth-order valence-electron chi connectivity index (χ4n) is 1.84. The molecule has 0 aliphatic rings. The van der Waals surface area contributed by atoms with Crippen molar-refractivity contribution in [2.45, 2.75) is 0 Å². The van der Waals surface area contributed by atoms with Crippen LogP contribution in [0.5, 0.6) is 0 Å². The van der Waals surface area contributed by atoms with E-state index in [4.69, 9.17) is 0 Å². The Labute approximate surface area is 123 Å². The lowest BCUT2D eigenvalue weighted by molar-refractivity contribution is 0.102. The molecular formula is C14H9BrN4O. The summed E-state index contributed by atoms with van der Waals surface area (Å²) in [4.78, 5) is 16.0. The molecule has 0 spiro atoms. The molecular weight excluding hydrogens is 320 g/mol. The standard InChI is InChI=1S/C14H9BrN4O/c15-12-4-3-9-7-11(2-1-10(9)8-12)13(20)18-14-16-5-6-17-19-14/h1-8H,(H,16,18,19,20). The molecule has 0 saturated heterocycles. The summed E-state index contributed by atoms with van der Waals surface area (Å²) in [6.45, 7) is 0. The summed E-state index contributed by atoms with van der Waals surface area (Å²) in [5, 5.41) is 12.0. The van der Waals surface area contributed by atoms with E-state index in [1.807, 2.05) is 30.3 Å². The number of nitrogens with zero attached hydrogens (tertiary/aromatic N) is 3. The first-order valence-electron chi connectivity index (χ1n) is 5.87. The van der Waals surface area contributed by atoms with E-state index in [0.717, 1.165) is 15.2 Å². The van der Waals surface area contributed by atoms with Crippen LogP contribution in [0.25, 0.3) is 10.8 Å². The predicted octanol–water partition coefficient (Wildman–Crippen LogP) is 3.04. The van der Waals surface area contributed by atoms with E-state index >= 15 is 0 Å². The number of carbonyl (C=O) groups excluding carboxylic acids is 1. The van der Waals surface area contributed by atoms with Crippen LogP contribution < -0.4 is 5.32 Å². The molecule has 6 heteroatoms. The van der Waals surface area contributed by atoms with Crippen LogP contribution in [0.4, 0.5) is 5.95 Å². The molecule has 20 heavy (non-hydrogen) atoms. The van der Waals surface area contributed by atoms with Gasteiger partial charge in [0, 0.05) is 10.0 Å². The van der Waals surface area contributed by atoms with E-state index in [-0.39, 0.29) is 11.9 Å². The van der Waals surface area contributed by atoms with Crippen molar-refractivity contribution in [2.24, 2.45) is 0 Å². The summed E-state index contributed by atoms with van der Waals surface area (Å²) in [5.41, 5.74) is 0.548. The number of carbonyl (C=O) groups is 1. The zero-order valence-corrected chi connectivity index (χ0v) is 11.8. The van der Waals surface area contributed by atoms with Gasteiger partial charge in [-0.15, -0.1) is 5.10 Å². The van der Waals surface area contributed by atoms with Crippen LogP contribution in [0, 0.1) is 0 Å². The number of fused-ring (bicyclic) bond motifs is 1. The van der Waals surface area contributed by atoms with Crippen molar-refractivity contribution in [1.29, 1.82) is 0 Å². The highest BCUT2D eigenvalue weighted by atomic mass is 79.9. The van der Waals surface area contributed by atoms with Gasteiger partial charge >= 0.3 is 0 Å². The largest absolute Gasteiger partial charge is 0.289 e. The zero-order valence-electron chi connectivity index (χ0n) is 10.2. The number of hydrogen-bond acceptors (Lipinski definition) is 4. The summed E-state index contributed by atoms with van der Waals surface area (Å²) in [6, 6.07) is 11.4. The van der Waals surface area contributed by atoms with E-state index < -0.39 is 0 Å². The van der Waals surface area contributed by atoms with Gasteiger partial charge in [-0.25, -0.2) is 4.98 Å². The first kappa shape index (κ1) is 12.7. The van der Waals surface area contributed by atoms with E-state index in [0.29, 0.717) is 5.56 Å². The second-order valence-corrected chi connectivity index (χ2v) is 5.04. The molecule has 0 atom stereocenters. The smallest absolute Gasteiger partial charge is 0.258 e. The minimum absolute atomic E-state index is 0.188. The topological polar surface area (TPSA) is 67.8 Å². The van der Waals surface area contributed by atoms with E-state index in [2.05, 4.69) is 36.4 Å². The average Bonchev–Trinajstić information content (AvgIpc) is 2.47. The molecule has 98 valence electrons. The highest BCUT2D eigenvalue weighted by Gasteiger charge is 2.08. The maximum absolute atomic E-state index is 12.1. The highest BCUT2D eigenvalue weighted by molar-refractivity contribution is 9.10. The lowest BCUT2D eigenvalue weighted by atomic mass is 10.1. The molecule has 1 heterocycles. The van der Waals surface area contributed by atoms with Crippen LogP contribution in [0.15, 0.2) is 53.3 Å². The van der Waals surface area contributed by atoms with Gasteiger partial charge in [0.25, 0.3) is 5.91 Å². The Morgan fingerprint density at radius 3 is 2.65 bits per heavy atom. The van der Waals surface area contributed by atoms with Gasteiger partial charge in [-0.1, -0.05) is 28.1 Å². The second kappa shape index (κ2) is 5.34. The van der Waals surface area contributed by atoms with Crippen LogP contribution in [0.2, 0.25) is 0 Å². The number of rotatable bonds is 2. The molecule has 0 radical (unpaired) electrons. The predicted molar refractivity (Wildman–Crippen MR) is 79.4 cm³/mol. The fourth-order valence-corrected chi connectivity index (χ4v) is 2.22. The number of anilines is 1. The third-order valence-electron chi connectivity index (χ3n) is 2.77. The van der Waals surface area contributed by atoms with Crippen molar-refractivity contribution in [3.8, 4) is 0 Å². The second-order valence-electron chi connectivity index (χ2n) is 4.13. The Balaban J connectivity index is 1.90. The van der Waals surface area contributed by atoms with Crippen LogP contribution in [0.1, 0.15) is 10.4 Å². The van der Waals surface area contributed by atoms with Crippen LogP contribution in [-0.2, 0) is 0 Å². The average molecular weight is 329 g/mol. The number of amides is 1. The summed E-state index contributed by atoms with van der Waals surface area (Å²) in [5.74, 6) is -0.0729. The van der Waals surface area contributed by atoms with Crippen LogP contribution >= 0.6 is 15.9 Å². The Morgan fingerprint density at radius 1 is 1.05 bits per heavy atom. The first-order valence-corrected chi connectivity index (χ1v) is 6.66. The van der Waals surface area contributed by atoms with Gasteiger partial charge in [-0.2, -0.15) is 5.10 Å². The third-order valence-corrected chi connectivity index (χ3v) is 3.27. The van der Waals surface area contributed by atoms with Gasteiger partial charge in [0.05, 0.1) is 12.4 Å². The Hall–Kier alpha value is -2.34. The normalized spacial score (nSPS) is 10.4. The lowest BCUT2D eigenvalue weighted by Crippen LogP contribution is -2.14. The number of halogens is 1. The lowest BCUT2D eigenvalue weighted by Gasteiger charge is -2.04. The molecule has 0 saturated carbocycles. The SMILES string of the molecule is O=C(Nc1nccnn1)c1ccc2cc(Br)ccc2c1. The Bertz CT molecular complexity index is 776. The Kier molecular flexibility index (Phi) is 3.39. The van der Waals surface area contributed by atoms with Crippen molar-refractivity contribution in [1.82, 2.24) is 15.2 Å². The van der Waals surface area contributed by atoms with Gasteiger partial charge in [-0.3, -0.25) is 10.1 Å². The van der Waals surface area contributed by atoms with Crippen molar-refractivity contribution in [2.75, 3.05) is 5.32 Å². The van der Waals surface area contributed by atoms with Gasteiger partial charge in [0.15, 0.2) is 0 Å². The van der Waals surface area contributed by atoms with Crippen molar-refractivity contribution >= 4 is 38.6 Å². The van der Waals surface area contributed by atoms with E-state index in [1.165, 1.54) is 12.4 Å². The summed E-state index contributed by atoms with van der Waals surface area (Å²) < 4.78 is 1.01. The molecule has 1 amide bonds. The highest BCUT2D eigenvalue weighted by Crippen LogP contribution is 2.21. The van der Waals surface area contributed by atoms with E-state index in [1.54, 1.807) is 6.07 Å². The molecule has 1 aromatic heterocycles. The minimum atomic E-state index is -0.261.